The van der Waals surface area contributed by atoms with Crippen molar-refractivity contribution in [2.24, 2.45) is 5.16 Å². The van der Waals surface area contributed by atoms with Gasteiger partial charge in [0, 0.05) is 11.7 Å². The number of hydrogen-bond acceptors (Lipinski definition) is 3. The second-order valence-corrected chi connectivity index (χ2v) is 4.42. The van der Waals surface area contributed by atoms with Crippen LogP contribution in [0.3, 0.4) is 0 Å². The highest BCUT2D eigenvalue weighted by molar-refractivity contribution is 8.14. The molecule has 0 radical (unpaired) electrons. The zero-order chi connectivity index (χ0) is 7.68. The molecule has 3 aliphatic rings. The van der Waals surface area contributed by atoms with E-state index >= 15 is 0 Å². The Balaban J connectivity index is 2.22. The molecular formula is C8H11NOS. The number of nitrogens with zero attached hydrogens (tertiary/aromatic N) is 1. The van der Waals surface area contributed by atoms with Crippen LogP contribution in [-0.2, 0) is 0 Å². The number of allylic oxidation sites excluding steroid dienone is 2. The molecule has 1 unspecified atom stereocenters. The second kappa shape index (κ2) is 2.89. The summed E-state index contributed by atoms with van der Waals surface area (Å²) in [5.41, 5.74) is 1.46. The first-order valence-electron chi connectivity index (χ1n) is 3.94. The molecule has 2 heterocycles. The van der Waals surface area contributed by atoms with Crippen molar-refractivity contribution in [1.29, 1.82) is 0 Å². The Labute approximate surface area is 70.4 Å². The maximum atomic E-state index is 8.62. The monoisotopic (exact) mass is 169 g/mol. The molecule has 1 fully saturated rings. The predicted octanol–water partition coefficient (Wildman–Crippen LogP) is 2.39. The summed E-state index contributed by atoms with van der Waals surface area (Å²) in [6.07, 6.45) is 6.82. The highest BCUT2D eigenvalue weighted by Crippen LogP contribution is 2.36. The Bertz CT molecular complexity index is 222. The Hall–Kier alpha value is -0.440. The van der Waals surface area contributed by atoms with E-state index in [-0.39, 0.29) is 0 Å². The Morgan fingerprint density at radius 3 is 3.18 bits per heavy atom. The number of thioether (sulfide) groups is 1. The van der Waals surface area contributed by atoms with E-state index in [9.17, 15) is 0 Å². The molecule has 0 amide bonds. The third-order valence-electron chi connectivity index (χ3n) is 2.25. The topological polar surface area (TPSA) is 32.6 Å². The van der Waals surface area contributed by atoms with Crippen LogP contribution < -0.4 is 0 Å². The average Bonchev–Trinajstić information content (AvgIpc) is 2.35. The Morgan fingerprint density at radius 2 is 2.55 bits per heavy atom. The fourth-order valence-corrected chi connectivity index (χ4v) is 2.75. The molecule has 1 N–H and O–H groups in total. The van der Waals surface area contributed by atoms with Gasteiger partial charge >= 0.3 is 0 Å². The summed E-state index contributed by atoms with van der Waals surface area (Å²) in [7, 11) is 0. The van der Waals surface area contributed by atoms with Crippen LogP contribution >= 0.6 is 11.8 Å². The highest BCUT2D eigenvalue weighted by Gasteiger charge is 2.23. The molecule has 0 saturated carbocycles. The third kappa shape index (κ3) is 1.43. The predicted molar refractivity (Wildman–Crippen MR) is 47.2 cm³/mol. The lowest BCUT2D eigenvalue weighted by atomic mass is 9.98. The average molecular weight is 169 g/mol. The molecule has 60 valence electrons. The van der Waals surface area contributed by atoms with Gasteiger partial charge in [-0.3, -0.25) is 0 Å². The fourth-order valence-electron chi connectivity index (χ4n) is 1.62. The number of fused-ring (bicyclic) bond motifs is 4. The van der Waals surface area contributed by atoms with Gasteiger partial charge in [0.2, 0.25) is 0 Å². The molecule has 0 aromatic rings. The van der Waals surface area contributed by atoms with Crippen LogP contribution in [0, 0.1) is 0 Å². The maximum Gasteiger partial charge on any atom is 0.117 e. The first kappa shape index (κ1) is 7.22. The molecule has 0 aromatic heterocycles. The molecule has 0 aromatic carbocycles. The van der Waals surface area contributed by atoms with Gasteiger partial charge in [0.25, 0.3) is 0 Å². The minimum atomic E-state index is 0.673. The number of hydrogen-bond donors (Lipinski definition) is 1. The largest absolute Gasteiger partial charge is 0.410 e. The molecule has 2 aliphatic heterocycles. The van der Waals surface area contributed by atoms with E-state index in [0.29, 0.717) is 5.25 Å². The summed E-state index contributed by atoms with van der Waals surface area (Å²) in [5, 5.41) is 13.5. The molecule has 3 heteroatoms. The SMILES string of the molecule is ON=C1CC2=CCC(CC2)S1. The van der Waals surface area contributed by atoms with Gasteiger partial charge in [-0.25, -0.2) is 0 Å². The minimum Gasteiger partial charge on any atom is -0.410 e. The van der Waals surface area contributed by atoms with Crippen molar-refractivity contribution < 1.29 is 5.21 Å². The van der Waals surface area contributed by atoms with E-state index < -0.39 is 0 Å². The molecule has 2 bridgehead atoms. The van der Waals surface area contributed by atoms with E-state index in [1.54, 1.807) is 11.8 Å². The van der Waals surface area contributed by atoms with Gasteiger partial charge in [-0.05, 0) is 19.3 Å². The molecule has 11 heavy (non-hydrogen) atoms. The molecule has 1 aliphatic carbocycles. The van der Waals surface area contributed by atoms with E-state index in [4.69, 9.17) is 5.21 Å². The van der Waals surface area contributed by atoms with Gasteiger partial charge in [-0.1, -0.05) is 16.8 Å². The number of rotatable bonds is 0. The van der Waals surface area contributed by atoms with E-state index in [1.165, 1.54) is 24.8 Å². The molecule has 1 saturated heterocycles. The van der Waals surface area contributed by atoms with Crippen molar-refractivity contribution in [3.8, 4) is 0 Å². The minimum absolute atomic E-state index is 0.673. The van der Waals surface area contributed by atoms with Gasteiger partial charge in [-0.2, -0.15) is 0 Å². The standard InChI is InChI=1S/C8H11NOS/c10-9-8-5-6-1-3-7(11-8)4-2-6/h1,7,10H,2-5H2. The molecule has 3 rings (SSSR count). The van der Waals surface area contributed by atoms with Crippen molar-refractivity contribution in [3.05, 3.63) is 11.6 Å². The molecular weight excluding hydrogens is 158 g/mol. The maximum absolute atomic E-state index is 8.62. The van der Waals surface area contributed by atoms with Crippen molar-refractivity contribution in [1.82, 2.24) is 0 Å². The summed E-state index contributed by atoms with van der Waals surface area (Å²) in [6.45, 7) is 0. The van der Waals surface area contributed by atoms with Gasteiger partial charge in [0.1, 0.15) is 5.04 Å². The lowest BCUT2D eigenvalue weighted by Gasteiger charge is -2.13. The van der Waals surface area contributed by atoms with E-state index in [1.807, 2.05) is 0 Å². The van der Waals surface area contributed by atoms with Crippen molar-refractivity contribution in [3.63, 3.8) is 0 Å². The van der Waals surface area contributed by atoms with E-state index in [0.717, 1.165) is 11.5 Å². The van der Waals surface area contributed by atoms with Crippen LogP contribution in [0.1, 0.15) is 25.7 Å². The Kier molecular flexibility index (Phi) is 1.90. The van der Waals surface area contributed by atoms with Crippen LogP contribution in [0.4, 0.5) is 0 Å². The van der Waals surface area contributed by atoms with Gasteiger partial charge in [-0.15, -0.1) is 11.8 Å². The molecule has 1 atom stereocenters. The quantitative estimate of drug-likeness (QED) is 0.343. The lowest BCUT2D eigenvalue weighted by Crippen LogP contribution is -2.03. The Morgan fingerprint density at radius 1 is 1.64 bits per heavy atom. The fraction of sp³-hybridized carbons (Fsp3) is 0.625. The summed E-state index contributed by atoms with van der Waals surface area (Å²) in [6, 6.07) is 0. The first-order chi connectivity index (χ1) is 5.38. The van der Waals surface area contributed by atoms with Gasteiger partial charge < -0.3 is 5.21 Å². The smallest absolute Gasteiger partial charge is 0.117 e. The highest BCUT2D eigenvalue weighted by atomic mass is 32.2. The molecule has 2 nitrogen and oxygen atoms in total. The van der Waals surface area contributed by atoms with E-state index in [2.05, 4.69) is 11.2 Å². The van der Waals surface area contributed by atoms with Crippen LogP contribution in [0.5, 0.6) is 0 Å². The van der Waals surface area contributed by atoms with Gasteiger partial charge in [0.15, 0.2) is 0 Å². The van der Waals surface area contributed by atoms with Crippen molar-refractivity contribution in [2.75, 3.05) is 0 Å². The van der Waals surface area contributed by atoms with Crippen LogP contribution in [-0.4, -0.2) is 15.5 Å². The van der Waals surface area contributed by atoms with Gasteiger partial charge in [0.05, 0.1) is 0 Å². The summed E-state index contributed by atoms with van der Waals surface area (Å²) in [4.78, 5) is 0. The third-order valence-corrected chi connectivity index (χ3v) is 3.51. The van der Waals surface area contributed by atoms with Crippen LogP contribution in [0.25, 0.3) is 0 Å². The lowest BCUT2D eigenvalue weighted by molar-refractivity contribution is 0.320. The zero-order valence-electron chi connectivity index (χ0n) is 6.29. The molecule has 0 spiro atoms. The van der Waals surface area contributed by atoms with Crippen LogP contribution in [0.2, 0.25) is 0 Å². The summed E-state index contributed by atoms with van der Waals surface area (Å²) in [5.74, 6) is 0. The summed E-state index contributed by atoms with van der Waals surface area (Å²) >= 11 is 1.74. The zero-order valence-corrected chi connectivity index (χ0v) is 7.10. The normalized spacial score (nSPS) is 33.6. The summed E-state index contributed by atoms with van der Waals surface area (Å²) < 4.78 is 0. The van der Waals surface area contributed by atoms with Crippen molar-refractivity contribution in [2.45, 2.75) is 30.9 Å². The van der Waals surface area contributed by atoms with Crippen molar-refractivity contribution >= 4 is 16.8 Å². The van der Waals surface area contributed by atoms with Crippen LogP contribution in [0.15, 0.2) is 16.8 Å². The second-order valence-electron chi connectivity index (χ2n) is 3.05. The first-order valence-corrected chi connectivity index (χ1v) is 4.82. The number of oxime groups is 1.